The number of aromatic hydroxyl groups is 1. The summed E-state index contributed by atoms with van der Waals surface area (Å²) in [4.78, 5) is 13.8. The summed E-state index contributed by atoms with van der Waals surface area (Å²) >= 11 is 0. The van der Waals surface area contributed by atoms with Gasteiger partial charge >= 0.3 is 12.1 Å². The van der Waals surface area contributed by atoms with Crippen LogP contribution in [0.5, 0.6) is 5.75 Å². The smallest absolute Gasteiger partial charge is 0.416 e. The molecule has 2 N–H and O–H groups in total. The van der Waals surface area contributed by atoms with Gasteiger partial charge < -0.3 is 24.8 Å². The molecule has 1 atom stereocenters. The van der Waals surface area contributed by atoms with E-state index >= 15 is 0 Å². The topological polar surface area (TPSA) is 121 Å². The first-order valence-corrected chi connectivity index (χ1v) is 11.5. The highest BCUT2D eigenvalue weighted by Crippen LogP contribution is 2.39. The van der Waals surface area contributed by atoms with Crippen LogP contribution in [0.25, 0.3) is 11.3 Å². The number of phenolic OH excluding ortho intramolecular Hbond substituents is 1. The van der Waals surface area contributed by atoms with Gasteiger partial charge in [-0.2, -0.15) is 18.4 Å². The fraction of sp³-hybridized carbons (Fsp3) is 0.500. The minimum absolute atomic E-state index is 0.0169. The second kappa shape index (κ2) is 12.0. The summed E-state index contributed by atoms with van der Waals surface area (Å²) in [5.74, 6) is -0.654. The Bertz CT molecular complexity index is 1120. The summed E-state index contributed by atoms with van der Waals surface area (Å²) < 4.78 is 49.6. The Morgan fingerprint density at radius 3 is 2.78 bits per heavy atom. The summed E-state index contributed by atoms with van der Waals surface area (Å²) in [5.41, 5.74) is -0.759. The highest BCUT2D eigenvalue weighted by Gasteiger charge is 2.33. The van der Waals surface area contributed by atoms with Crippen LogP contribution < -0.4 is 5.32 Å². The van der Waals surface area contributed by atoms with E-state index in [0.717, 1.165) is 25.5 Å². The Labute approximate surface area is 206 Å². The molecule has 1 fully saturated rings. The molecule has 0 bridgehead atoms. The van der Waals surface area contributed by atoms with E-state index in [2.05, 4.69) is 20.4 Å². The van der Waals surface area contributed by atoms with Crippen LogP contribution in [0.3, 0.4) is 0 Å². The minimum atomic E-state index is -4.65. The SMILES string of the molecule is CCOC(=O)CCN1CCC[C@@H](Nc2nnc(-c3c(O)cc(C(F)(F)F)cc3COC)cc2C#N)C1. The van der Waals surface area contributed by atoms with E-state index in [0.29, 0.717) is 32.2 Å². The Kier molecular flexibility index (Phi) is 9.06. The zero-order valence-electron chi connectivity index (χ0n) is 20.1. The summed E-state index contributed by atoms with van der Waals surface area (Å²) in [7, 11) is 1.32. The number of carbonyl (C=O) groups excluding carboxylic acids is 1. The number of halogens is 3. The molecular weight excluding hydrogens is 479 g/mol. The Hall–Kier alpha value is -3.43. The molecule has 2 heterocycles. The van der Waals surface area contributed by atoms with Crippen LogP contribution in [-0.2, 0) is 27.1 Å². The number of nitrogens with one attached hydrogen (secondary N) is 1. The second-order valence-corrected chi connectivity index (χ2v) is 8.40. The van der Waals surface area contributed by atoms with Gasteiger partial charge in [-0.05, 0) is 50.1 Å². The van der Waals surface area contributed by atoms with Crippen molar-refractivity contribution in [1.82, 2.24) is 15.1 Å². The number of nitrogens with zero attached hydrogens (tertiary/aromatic N) is 4. The van der Waals surface area contributed by atoms with Gasteiger partial charge in [-0.1, -0.05) is 0 Å². The maximum Gasteiger partial charge on any atom is 0.416 e. The molecule has 1 aromatic heterocycles. The number of piperidine rings is 1. The molecular formula is C24H28F3N5O4. The van der Waals surface area contributed by atoms with Crippen molar-refractivity contribution >= 4 is 11.8 Å². The van der Waals surface area contributed by atoms with Crippen molar-refractivity contribution in [3.8, 4) is 23.1 Å². The van der Waals surface area contributed by atoms with Gasteiger partial charge in [-0.25, -0.2) is 0 Å². The van der Waals surface area contributed by atoms with E-state index in [9.17, 15) is 28.3 Å². The van der Waals surface area contributed by atoms with Gasteiger partial charge in [0.05, 0.1) is 36.5 Å². The van der Waals surface area contributed by atoms with Crippen LogP contribution in [0.1, 0.15) is 42.9 Å². The van der Waals surface area contributed by atoms with Crippen molar-refractivity contribution in [1.29, 1.82) is 5.26 Å². The summed E-state index contributed by atoms with van der Waals surface area (Å²) in [6.07, 6.45) is -2.66. The molecule has 1 aliphatic heterocycles. The quantitative estimate of drug-likeness (QED) is 0.489. The van der Waals surface area contributed by atoms with Crippen molar-refractivity contribution < 1.29 is 32.5 Å². The molecule has 1 saturated heterocycles. The number of benzene rings is 1. The van der Waals surface area contributed by atoms with Crippen molar-refractivity contribution in [3.05, 3.63) is 34.9 Å². The van der Waals surface area contributed by atoms with E-state index in [1.54, 1.807) is 6.92 Å². The van der Waals surface area contributed by atoms with Gasteiger partial charge in [-0.3, -0.25) is 4.79 Å². The summed E-state index contributed by atoms with van der Waals surface area (Å²) in [5, 5.41) is 31.5. The van der Waals surface area contributed by atoms with Crippen LogP contribution in [0, 0.1) is 11.3 Å². The molecule has 1 aromatic carbocycles. The van der Waals surface area contributed by atoms with Crippen LogP contribution >= 0.6 is 0 Å². The van der Waals surface area contributed by atoms with Gasteiger partial charge in [0.15, 0.2) is 5.82 Å². The number of carbonyl (C=O) groups is 1. The number of aromatic nitrogens is 2. The number of hydrogen-bond donors (Lipinski definition) is 2. The lowest BCUT2D eigenvalue weighted by atomic mass is 9.99. The number of methoxy groups -OCH3 is 1. The number of anilines is 1. The summed E-state index contributed by atoms with van der Waals surface area (Å²) in [6.45, 7) is 3.91. The highest BCUT2D eigenvalue weighted by molar-refractivity contribution is 5.73. The van der Waals surface area contributed by atoms with Crippen LogP contribution in [0.15, 0.2) is 18.2 Å². The van der Waals surface area contributed by atoms with E-state index in [1.807, 2.05) is 6.07 Å². The number of hydrogen-bond acceptors (Lipinski definition) is 9. The van der Waals surface area contributed by atoms with Crippen molar-refractivity contribution in [3.63, 3.8) is 0 Å². The third-order valence-corrected chi connectivity index (χ3v) is 5.78. The molecule has 0 unspecified atom stereocenters. The molecule has 1 aliphatic rings. The molecule has 194 valence electrons. The average Bonchev–Trinajstić information content (AvgIpc) is 2.83. The number of likely N-dealkylation sites (tertiary alicyclic amines) is 1. The largest absolute Gasteiger partial charge is 0.507 e. The lowest BCUT2D eigenvalue weighted by molar-refractivity contribution is -0.143. The van der Waals surface area contributed by atoms with E-state index in [4.69, 9.17) is 9.47 Å². The first kappa shape index (κ1) is 27.2. The lowest BCUT2D eigenvalue weighted by Gasteiger charge is -2.33. The molecule has 0 aliphatic carbocycles. The first-order chi connectivity index (χ1) is 17.2. The van der Waals surface area contributed by atoms with Crippen LogP contribution in [0.4, 0.5) is 19.0 Å². The number of phenols is 1. The number of ether oxygens (including phenoxy) is 2. The zero-order valence-corrected chi connectivity index (χ0v) is 20.1. The molecule has 36 heavy (non-hydrogen) atoms. The fourth-order valence-electron chi connectivity index (χ4n) is 4.17. The maximum atomic E-state index is 13.2. The van der Waals surface area contributed by atoms with Gasteiger partial charge in [0.1, 0.15) is 11.8 Å². The molecule has 3 rings (SSSR count). The third-order valence-electron chi connectivity index (χ3n) is 5.78. The van der Waals surface area contributed by atoms with Crippen LogP contribution in [-0.4, -0.2) is 65.6 Å². The Balaban J connectivity index is 1.80. The van der Waals surface area contributed by atoms with E-state index in [-0.39, 0.29) is 46.8 Å². The predicted octanol–water partition coefficient (Wildman–Crippen LogP) is 3.72. The van der Waals surface area contributed by atoms with E-state index < -0.39 is 17.5 Å². The lowest BCUT2D eigenvalue weighted by Crippen LogP contribution is -2.43. The molecule has 0 radical (unpaired) electrons. The Morgan fingerprint density at radius 1 is 1.33 bits per heavy atom. The predicted molar refractivity (Wildman–Crippen MR) is 124 cm³/mol. The number of rotatable bonds is 9. The molecule has 9 nitrogen and oxygen atoms in total. The minimum Gasteiger partial charge on any atom is -0.507 e. The Morgan fingerprint density at radius 2 is 2.11 bits per heavy atom. The normalized spacial score (nSPS) is 16.4. The highest BCUT2D eigenvalue weighted by atomic mass is 19.4. The van der Waals surface area contributed by atoms with Gasteiger partial charge in [-0.15, -0.1) is 10.2 Å². The van der Waals surface area contributed by atoms with Crippen molar-refractivity contribution in [2.45, 2.75) is 45.0 Å². The molecule has 12 heteroatoms. The second-order valence-electron chi connectivity index (χ2n) is 8.40. The number of esters is 1. The number of alkyl halides is 3. The fourth-order valence-corrected chi connectivity index (χ4v) is 4.17. The zero-order chi connectivity index (χ0) is 26.3. The first-order valence-electron chi connectivity index (χ1n) is 11.5. The monoisotopic (exact) mass is 507 g/mol. The molecule has 0 amide bonds. The van der Waals surface area contributed by atoms with Gasteiger partial charge in [0, 0.05) is 31.8 Å². The van der Waals surface area contributed by atoms with Crippen molar-refractivity contribution in [2.24, 2.45) is 0 Å². The van der Waals surface area contributed by atoms with Gasteiger partial charge in [0.25, 0.3) is 0 Å². The standard InChI is InChI=1S/C24H28F3N5O4/c1-3-36-21(34)6-8-32-7-4-5-18(13-32)29-23-15(12-28)10-19(30-31-23)22-16(14-35-2)9-17(11-20(22)33)24(25,26)27/h9-11,18,33H,3-8,13-14H2,1-2H3,(H,29,31)/t18-/m1/s1. The average molecular weight is 508 g/mol. The van der Waals surface area contributed by atoms with Crippen LogP contribution in [0.2, 0.25) is 0 Å². The molecule has 0 spiro atoms. The maximum absolute atomic E-state index is 13.2. The third kappa shape index (κ3) is 6.83. The summed E-state index contributed by atoms with van der Waals surface area (Å²) in [6, 6.07) is 4.86. The molecule has 2 aromatic rings. The van der Waals surface area contributed by atoms with E-state index in [1.165, 1.54) is 13.2 Å². The number of nitriles is 1. The van der Waals surface area contributed by atoms with Gasteiger partial charge in [0.2, 0.25) is 0 Å². The van der Waals surface area contributed by atoms with Crippen molar-refractivity contribution in [2.75, 3.05) is 38.7 Å². The molecule has 0 saturated carbocycles.